The fourth-order valence-electron chi connectivity index (χ4n) is 5.07. The minimum Gasteiger partial charge on any atom is -0.492 e. The molecule has 9 nitrogen and oxygen atoms in total. The van der Waals surface area contributed by atoms with E-state index < -0.39 is 11.0 Å². The zero-order valence-electron chi connectivity index (χ0n) is 23.8. The molecule has 4 heterocycles. The van der Waals surface area contributed by atoms with E-state index >= 15 is 0 Å². The molecule has 0 spiro atoms. The molecule has 0 aliphatic carbocycles. The van der Waals surface area contributed by atoms with Gasteiger partial charge in [-0.3, -0.25) is 9.59 Å². The van der Waals surface area contributed by atoms with Crippen LogP contribution in [0.5, 0.6) is 5.75 Å². The number of hydrogen-bond acceptors (Lipinski definition) is 8. The molecule has 2 aliphatic rings. The van der Waals surface area contributed by atoms with E-state index in [9.17, 15) is 9.59 Å². The number of fused-ring (bicyclic) bond motifs is 3. The number of aromatic nitrogens is 4. The summed E-state index contributed by atoms with van der Waals surface area (Å²) in [6.07, 6.45) is 2.42. The molecular formula is C29H37N5O4S. The van der Waals surface area contributed by atoms with Crippen LogP contribution in [0.4, 0.5) is 0 Å². The van der Waals surface area contributed by atoms with Crippen molar-refractivity contribution in [3.8, 4) is 27.8 Å². The van der Waals surface area contributed by atoms with Gasteiger partial charge in [0.05, 0.1) is 24.1 Å². The third kappa shape index (κ3) is 5.57. The molecule has 0 saturated carbocycles. The van der Waals surface area contributed by atoms with Crippen LogP contribution in [-0.4, -0.2) is 61.8 Å². The van der Waals surface area contributed by atoms with Crippen molar-refractivity contribution in [3.05, 3.63) is 35.0 Å². The zero-order valence-corrected chi connectivity index (χ0v) is 24.6. The van der Waals surface area contributed by atoms with Crippen LogP contribution < -0.4 is 4.74 Å². The van der Waals surface area contributed by atoms with Crippen molar-refractivity contribution in [1.29, 1.82) is 0 Å². The van der Waals surface area contributed by atoms with Gasteiger partial charge in [-0.25, -0.2) is 14.6 Å². The number of carbonyl (C=O) groups excluding carboxylic acids is 2. The monoisotopic (exact) mass is 551 g/mol. The van der Waals surface area contributed by atoms with E-state index in [-0.39, 0.29) is 30.3 Å². The topological polar surface area (TPSA) is 99.4 Å². The van der Waals surface area contributed by atoms with Crippen LogP contribution in [0.25, 0.3) is 22.1 Å². The zero-order chi connectivity index (χ0) is 28.1. The van der Waals surface area contributed by atoms with Gasteiger partial charge in [-0.05, 0) is 52.3 Å². The Hall–Kier alpha value is -3.27. The Morgan fingerprint density at radius 1 is 1.18 bits per heavy atom. The van der Waals surface area contributed by atoms with Crippen molar-refractivity contribution in [3.63, 3.8) is 0 Å². The first-order chi connectivity index (χ1) is 18.3. The molecule has 1 aromatic carbocycles. The quantitative estimate of drug-likeness (QED) is 0.385. The van der Waals surface area contributed by atoms with Crippen molar-refractivity contribution in [2.75, 3.05) is 19.7 Å². The summed E-state index contributed by atoms with van der Waals surface area (Å²) in [5.74, 6) is 1.46. The van der Waals surface area contributed by atoms with Crippen LogP contribution >= 0.6 is 11.3 Å². The summed E-state index contributed by atoms with van der Waals surface area (Å²) in [5, 5.41) is 5.23. The van der Waals surface area contributed by atoms with Gasteiger partial charge >= 0.3 is 5.97 Å². The third-order valence-corrected chi connectivity index (χ3v) is 8.13. The molecule has 2 aromatic heterocycles. The van der Waals surface area contributed by atoms with E-state index in [2.05, 4.69) is 42.1 Å². The van der Waals surface area contributed by atoms with Crippen LogP contribution in [0, 0.1) is 5.41 Å². The van der Waals surface area contributed by atoms with Crippen LogP contribution in [0.2, 0.25) is 0 Å². The number of hydrogen-bond donors (Lipinski definition) is 0. The highest BCUT2D eigenvalue weighted by Gasteiger charge is 2.41. The molecule has 1 amide bonds. The number of ether oxygens (including phenoxy) is 2. The highest BCUT2D eigenvalue weighted by Crippen LogP contribution is 2.42. The van der Waals surface area contributed by atoms with Gasteiger partial charge in [0.15, 0.2) is 10.8 Å². The summed E-state index contributed by atoms with van der Waals surface area (Å²) in [6, 6.07) is 6.49. The minimum atomic E-state index is -0.817. The summed E-state index contributed by atoms with van der Waals surface area (Å²) in [5.41, 5.74) is 1.68. The van der Waals surface area contributed by atoms with E-state index in [1.54, 1.807) is 17.7 Å². The molecular weight excluding hydrogens is 514 g/mol. The SMILES string of the molecule is CC(C)n1ncnc1-c1nc2c(s1)CCOc1cc(C3CN(C(=O)C(C)(C)CC(=O)OC(C)(C)C)C3)ccc1-2. The summed E-state index contributed by atoms with van der Waals surface area (Å²) >= 11 is 1.65. The van der Waals surface area contributed by atoms with Gasteiger partial charge in [0.1, 0.15) is 17.7 Å². The second kappa shape index (κ2) is 10.0. The van der Waals surface area contributed by atoms with E-state index in [4.69, 9.17) is 14.5 Å². The number of nitrogens with zero attached hydrogens (tertiary/aromatic N) is 5. The summed E-state index contributed by atoms with van der Waals surface area (Å²) in [4.78, 5) is 38.0. The van der Waals surface area contributed by atoms with Gasteiger partial charge in [0, 0.05) is 41.9 Å². The molecule has 0 atom stereocenters. The van der Waals surface area contributed by atoms with Crippen molar-refractivity contribution in [2.24, 2.45) is 5.41 Å². The van der Waals surface area contributed by atoms with E-state index in [1.165, 1.54) is 4.88 Å². The second-order valence-corrected chi connectivity index (χ2v) is 13.4. The Labute approximate surface area is 233 Å². The number of rotatable bonds is 6. The first-order valence-electron chi connectivity index (χ1n) is 13.5. The lowest BCUT2D eigenvalue weighted by atomic mass is 9.83. The molecule has 0 bridgehead atoms. The summed E-state index contributed by atoms with van der Waals surface area (Å²) in [7, 11) is 0. The summed E-state index contributed by atoms with van der Waals surface area (Å²) < 4.78 is 13.5. The standard InChI is InChI=1S/C29H37N5O4S/c1-17(2)34-25(30-16-31-34)26-32-24-20-9-8-18(12-21(20)37-11-10-22(24)39-26)19-14-33(15-19)27(36)29(6,7)13-23(35)38-28(3,4)5/h8-9,12,16-17,19H,10-11,13-15H2,1-7H3. The van der Waals surface area contributed by atoms with Gasteiger partial charge in [0.2, 0.25) is 5.91 Å². The van der Waals surface area contributed by atoms with Crippen LogP contribution in [-0.2, 0) is 20.7 Å². The maximum Gasteiger partial charge on any atom is 0.307 e. The highest BCUT2D eigenvalue weighted by molar-refractivity contribution is 7.15. The number of amides is 1. The Morgan fingerprint density at radius 2 is 1.92 bits per heavy atom. The molecule has 39 heavy (non-hydrogen) atoms. The van der Waals surface area contributed by atoms with Gasteiger partial charge in [-0.1, -0.05) is 19.9 Å². The first-order valence-corrected chi connectivity index (χ1v) is 14.3. The molecule has 3 aromatic rings. The summed E-state index contributed by atoms with van der Waals surface area (Å²) in [6.45, 7) is 15.1. The van der Waals surface area contributed by atoms with Crippen LogP contribution in [0.3, 0.4) is 0 Å². The van der Waals surface area contributed by atoms with Gasteiger partial charge in [-0.2, -0.15) is 5.10 Å². The molecule has 1 saturated heterocycles. The fraction of sp³-hybridized carbons (Fsp3) is 0.552. The number of esters is 1. The minimum absolute atomic E-state index is 0.0236. The van der Waals surface area contributed by atoms with E-state index in [0.29, 0.717) is 19.7 Å². The Bertz CT molecular complexity index is 1390. The predicted molar refractivity (Wildman–Crippen MR) is 150 cm³/mol. The lowest BCUT2D eigenvalue weighted by Gasteiger charge is -2.43. The number of thiazole rings is 1. The molecule has 0 N–H and O–H groups in total. The van der Waals surface area contributed by atoms with E-state index in [1.807, 2.05) is 44.2 Å². The number of benzene rings is 1. The maximum absolute atomic E-state index is 13.2. The van der Waals surface area contributed by atoms with Gasteiger partial charge in [0.25, 0.3) is 0 Å². The third-order valence-electron chi connectivity index (χ3n) is 7.02. The van der Waals surface area contributed by atoms with Crippen LogP contribution in [0.15, 0.2) is 24.5 Å². The first kappa shape index (κ1) is 27.3. The molecule has 0 unspecified atom stereocenters. The van der Waals surface area contributed by atoms with Crippen LogP contribution in [0.1, 0.15) is 77.3 Å². The fourth-order valence-corrected chi connectivity index (χ4v) is 6.11. The average molecular weight is 552 g/mol. The van der Waals surface area contributed by atoms with Crippen molar-refractivity contribution in [1.82, 2.24) is 24.6 Å². The number of carbonyl (C=O) groups is 2. The molecule has 0 radical (unpaired) electrons. The van der Waals surface area contributed by atoms with Crippen molar-refractivity contribution in [2.45, 2.75) is 78.9 Å². The average Bonchev–Trinajstić information content (AvgIpc) is 3.41. The van der Waals surface area contributed by atoms with Gasteiger partial charge < -0.3 is 14.4 Å². The predicted octanol–water partition coefficient (Wildman–Crippen LogP) is 5.27. The maximum atomic E-state index is 13.2. The second-order valence-electron chi connectivity index (χ2n) is 12.3. The highest BCUT2D eigenvalue weighted by atomic mass is 32.1. The lowest BCUT2D eigenvalue weighted by molar-refractivity contribution is -0.162. The van der Waals surface area contributed by atoms with E-state index in [0.717, 1.165) is 39.8 Å². The largest absolute Gasteiger partial charge is 0.492 e. The normalized spacial score (nSPS) is 15.7. The van der Waals surface area contributed by atoms with Crippen molar-refractivity contribution >= 4 is 23.2 Å². The number of likely N-dealkylation sites (tertiary alicyclic amines) is 1. The molecule has 1 fully saturated rings. The Morgan fingerprint density at radius 3 is 2.62 bits per heavy atom. The lowest BCUT2D eigenvalue weighted by Crippen LogP contribution is -2.53. The van der Waals surface area contributed by atoms with Gasteiger partial charge in [-0.15, -0.1) is 11.3 Å². The molecule has 5 rings (SSSR count). The smallest absolute Gasteiger partial charge is 0.307 e. The molecule has 10 heteroatoms. The molecule has 2 aliphatic heterocycles. The van der Waals surface area contributed by atoms with Crippen molar-refractivity contribution < 1.29 is 19.1 Å². The molecule has 208 valence electrons. The Kier molecular flexibility index (Phi) is 7.03. The Balaban J connectivity index is 1.29.